The molecule has 1 saturated heterocycles. The van der Waals surface area contributed by atoms with Gasteiger partial charge >= 0.3 is 0 Å². The van der Waals surface area contributed by atoms with Crippen LogP contribution in [0.15, 0.2) is 6.20 Å². The van der Waals surface area contributed by atoms with Gasteiger partial charge in [-0.05, 0) is 33.1 Å². The quantitative estimate of drug-likeness (QED) is 0.776. The van der Waals surface area contributed by atoms with Gasteiger partial charge in [-0.1, -0.05) is 0 Å². The first-order chi connectivity index (χ1) is 13.4. The molecule has 1 atom stereocenters. The van der Waals surface area contributed by atoms with E-state index in [-0.39, 0.29) is 17.9 Å². The average Bonchev–Trinajstić information content (AvgIpc) is 3.04. The average molecular weight is 400 g/mol. The van der Waals surface area contributed by atoms with Gasteiger partial charge in [0, 0.05) is 44.7 Å². The van der Waals surface area contributed by atoms with Crippen molar-refractivity contribution < 1.29 is 9.59 Å². The Morgan fingerprint density at radius 2 is 2.00 bits per heavy atom. The highest BCUT2D eigenvalue weighted by atomic mass is 32.1. The third-order valence-corrected chi connectivity index (χ3v) is 6.62. The molecule has 28 heavy (non-hydrogen) atoms. The van der Waals surface area contributed by atoms with Crippen molar-refractivity contribution in [2.45, 2.75) is 59.0 Å². The monoisotopic (exact) mass is 399 g/mol. The Labute approximate surface area is 168 Å². The number of amides is 2. The lowest BCUT2D eigenvalue weighted by atomic mass is 10.00. The van der Waals surface area contributed by atoms with Gasteiger partial charge in [0.25, 0.3) is 5.91 Å². The third-order valence-electron chi connectivity index (χ3n) is 5.56. The molecule has 2 aliphatic heterocycles. The van der Waals surface area contributed by atoms with Crippen LogP contribution in [-0.4, -0.2) is 49.7 Å². The lowest BCUT2D eigenvalue weighted by Crippen LogP contribution is -2.40. The van der Waals surface area contributed by atoms with Crippen LogP contribution in [0.2, 0.25) is 0 Å². The molecule has 7 nitrogen and oxygen atoms in total. The first kappa shape index (κ1) is 19.0. The number of aromatic nitrogens is 3. The van der Waals surface area contributed by atoms with Crippen LogP contribution in [0.25, 0.3) is 0 Å². The summed E-state index contributed by atoms with van der Waals surface area (Å²) in [5, 5.41) is 0.912. The van der Waals surface area contributed by atoms with Gasteiger partial charge in [-0.3, -0.25) is 9.59 Å². The van der Waals surface area contributed by atoms with Gasteiger partial charge in [-0.2, -0.15) is 0 Å². The number of thiazole rings is 1. The molecule has 0 bridgehead atoms. The fourth-order valence-electron chi connectivity index (χ4n) is 4.06. The SMILES string of the molecule is CC(=O)N1CCc2nc([C@@H]3CCCCN3C(=O)c3sc(C)nc3C)ncc2C1. The normalized spacial score (nSPS) is 19.5. The number of piperidine rings is 1. The van der Waals surface area contributed by atoms with Crippen molar-refractivity contribution in [3.05, 3.63) is 38.9 Å². The first-order valence-electron chi connectivity index (χ1n) is 9.79. The van der Waals surface area contributed by atoms with E-state index in [1.54, 1.807) is 6.92 Å². The molecule has 2 aromatic rings. The lowest BCUT2D eigenvalue weighted by molar-refractivity contribution is -0.129. The molecule has 2 amide bonds. The van der Waals surface area contributed by atoms with Gasteiger partial charge < -0.3 is 9.80 Å². The number of fused-ring (bicyclic) bond motifs is 1. The molecule has 0 unspecified atom stereocenters. The summed E-state index contributed by atoms with van der Waals surface area (Å²) in [5.41, 5.74) is 2.81. The van der Waals surface area contributed by atoms with Gasteiger partial charge in [0.05, 0.1) is 22.4 Å². The van der Waals surface area contributed by atoms with E-state index >= 15 is 0 Å². The molecule has 8 heteroatoms. The molecule has 0 aromatic carbocycles. The molecule has 0 aliphatic carbocycles. The number of hydrogen-bond acceptors (Lipinski definition) is 6. The van der Waals surface area contributed by atoms with Crippen molar-refractivity contribution in [1.29, 1.82) is 0 Å². The molecule has 2 aliphatic rings. The van der Waals surface area contributed by atoms with Crippen molar-refractivity contribution in [2.24, 2.45) is 0 Å². The smallest absolute Gasteiger partial charge is 0.266 e. The molecule has 0 radical (unpaired) electrons. The number of likely N-dealkylation sites (tertiary alicyclic amines) is 1. The van der Waals surface area contributed by atoms with Gasteiger partial charge in [0.15, 0.2) is 5.82 Å². The zero-order valence-corrected chi connectivity index (χ0v) is 17.4. The van der Waals surface area contributed by atoms with Crippen LogP contribution < -0.4 is 0 Å². The number of nitrogens with zero attached hydrogens (tertiary/aromatic N) is 5. The zero-order chi connectivity index (χ0) is 19.8. The summed E-state index contributed by atoms with van der Waals surface area (Å²) in [6, 6.07) is -0.0980. The Balaban J connectivity index is 1.61. The summed E-state index contributed by atoms with van der Waals surface area (Å²) >= 11 is 1.46. The van der Waals surface area contributed by atoms with Crippen LogP contribution in [0.3, 0.4) is 0 Å². The fourth-order valence-corrected chi connectivity index (χ4v) is 4.94. The van der Waals surface area contributed by atoms with Crippen molar-refractivity contribution in [2.75, 3.05) is 13.1 Å². The predicted molar refractivity (Wildman–Crippen MR) is 106 cm³/mol. The van der Waals surface area contributed by atoms with Gasteiger partial charge in [0.2, 0.25) is 5.91 Å². The maximum atomic E-state index is 13.2. The standard InChI is InChI=1S/C20H25N5O2S/c1-12-18(28-13(2)22-12)20(27)25-8-5-4-6-17(25)19-21-10-15-11-24(14(3)26)9-7-16(15)23-19/h10,17H,4-9,11H2,1-3H3/t17-/m0/s1. The molecule has 4 rings (SSSR count). The second kappa shape index (κ2) is 7.58. The maximum Gasteiger partial charge on any atom is 0.266 e. The van der Waals surface area contributed by atoms with Crippen LogP contribution in [-0.2, 0) is 17.8 Å². The highest BCUT2D eigenvalue weighted by molar-refractivity contribution is 7.13. The van der Waals surface area contributed by atoms with Crippen molar-refractivity contribution >= 4 is 23.2 Å². The second-order valence-electron chi connectivity index (χ2n) is 7.55. The summed E-state index contributed by atoms with van der Waals surface area (Å²) in [6.07, 6.45) is 5.51. The minimum atomic E-state index is -0.0980. The number of carbonyl (C=O) groups excluding carboxylic acids is 2. The molecular formula is C20H25N5O2S. The third kappa shape index (κ3) is 3.53. The molecule has 0 saturated carbocycles. The topological polar surface area (TPSA) is 79.3 Å². The number of rotatable bonds is 2. The highest BCUT2D eigenvalue weighted by Crippen LogP contribution is 2.32. The van der Waals surface area contributed by atoms with E-state index in [4.69, 9.17) is 4.98 Å². The van der Waals surface area contributed by atoms with E-state index in [2.05, 4.69) is 9.97 Å². The predicted octanol–water partition coefficient (Wildman–Crippen LogP) is 2.82. The molecule has 0 spiro atoms. The van der Waals surface area contributed by atoms with E-state index in [1.165, 1.54) is 11.3 Å². The van der Waals surface area contributed by atoms with Crippen LogP contribution in [0.5, 0.6) is 0 Å². The van der Waals surface area contributed by atoms with E-state index < -0.39 is 0 Å². The largest absolute Gasteiger partial charge is 0.338 e. The Bertz CT molecular complexity index is 925. The van der Waals surface area contributed by atoms with E-state index in [1.807, 2.05) is 29.8 Å². The van der Waals surface area contributed by atoms with E-state index in [9.17, 15) is 9.59 Å². The molecule has 2 aromatic heterocycles. The summed E-state index contributed by atoms with van der Waals surface area (Å²) in [7, 11) is 0. The van der Waals surface area contributed by atoms with Crippen molar-refractivity contribution in [3.63, 3.8) is 0 Å². The number of hydrogen-bond donors (Lipinski definition) is 0. The minimum Gasteiger partial charge on any atom is -0.338 e. The lowest BCUT2D eigenvalue weighted by Gasteiger charge is -2.35. The molecule has 1 fully saturated rings. The summed E-state index contributed by atoms with van der Waals surface area (Å²) < 4.78 is 0. The van der Waals surface area contributed by atoms with Crippen LogP contribution >= 0.6 is 11.3 Å². The van der Waals surface area contributed by atoms with E-state index in [0.29, 0.717) is 13.1 Å². The van der Waals surface area contributed by atoms with Crippen LogP contribution in [0.4, 0.5) is 0 Å². The summed E-state index contributed by atoms with van der Waals surface area (Å²) in [5.74, 6) is 0.841. The Morgan fingerprint density at radius 1 is 1.18 bits per heavy atom. The number of aryl methyl sites for hydroxylation is 2. The van der Waals surface area contributed by atoms with Gasteiger partial charge in [-0.15, -0.1) is 11.3 Å². The molecular weight excluding hydrogens is 374 g/mol. The summed E-state index contributed by atoms with van der Waals surface area (Å²) in [4.78, 5) is 43.2. The Hall–Kier alpha value is -2.35. The fraction of sp³-hybridized carbons (Fsp3) is 0.550. The molecule has 4 heterocycles. The van der Waals surface area contributed by atoms with Crippen LogP contribution in [0.1, 0.15) is 69.7 Å². The van der Waals surface area contributed by atoms with Crippen molar-refractivity contribution in [1.82, 2.24) is 24.8 Å². The van der Waals surface area contributed by atoms with Gasteiger partial charge in [0.1, 0.15) is 4.88 Å². The van der Waals surface area contributed by atoms with Gasteiger partial charge in [-0.25, -0.2) is 15.0 Å². The summed E-state index contributed by atoms with van der Waals surface area (Å²) in [6.45, 7) is 7.39. The number of carbonyl (C=O) groups is 2. The highest BCUT2D eigenvalue weighted by Gasteiger charge is 2.33. The molecule has 0 N–H and O–H groups in total. The van der Waals surface area contributed by atoms with E-state index in [0.717, 1.165) is 64.9 Å². The second-order valence-corrected chi connectivity index (χ2v) is 8.75. The maximum absolute atomic E-state index is 13.2. The van der Waals surface area contributed by atoms with Crippen LogP contribution in [0, 0.1) is 13.8 Å². The van der Waals surface area contributed by atoms with Crippen molar-refractivity contribution in [3.8, 4) is 0 Å². The Kier molecular flexibility index (Phi) is 5.14. The minimum absolute atomic E-state index is 0.0388. The zero-order valence-electron chi connectivity index (χ0n) is 16.6. The molecule has 148 valence electrons. The Morgan fingerprint density at radius 3 is 2.71 bits per heavy atom. The first-order valence-corrected chi connectivity index (χ1v) is 10.6.